The molecule has 0 radical (unpaired) electrons. The zero-order valence-corrected chi connectivity index (χ0v) is 17.3. The second kappa shape index (κ2) is 8.39. The molecule has 0 bridgehead atoms. The van der Waals surface area contributed by atoms with Crippen LogP contribution in [0.1, 0.15) is 16.7 Å². The number of nitrogens with zero attached hydrogens (tertiary/aromatic N) is 3. The number of methoxy groups -OCH3 is 1. The van der Waals surface area contributed by atoms with Gasteiger partial charge in [-0.25, -0.2) is 4.99 Å². The molecular weight excluding hydrogens is 406 g/mol. The third-order valence-corrected chi connectivity index (χ3v) is 5.01. The molecule has 7 nitrogen and oxygen atoms in total. The molecule has 7 heteroatoms. The van der Waals surface area contributed by atoms with Gasteiger partial charge in [-0.3, -0.25) is 4.79 Å². The number of fused-ring (bicyclic) bond motifs is 1. The highest BCUT2D eigenvalue weighted by molar-refractivity contribution is 6.19. The molecule has 0 aliphatic carbocycles. The Morgan fingerprint density at radius 1 is 0.969 bits per heavy atom. The van der Waals surface area contributed by atoms with E-state index in [9.17, 15) is 4.79 Å². The molecule has 0 saturated heterocycles. The number of ether oxygens (including phenoxy) is 3. The summed E-state index contributed by atoms with van der Waals surface area (Å²) in [5.74, 6) is 2.24. The molecule has 32 heavy (non-hydrogen) atoms. The minimum absolute atomic E-state index is 0.199. The van der Waals surface area contributed by atoms with Crippen molar-refractivity contribution in [1.29, 1.82) is 0 Å². The fourth-order valence-electron chi connectivity index (χ4n) is 3.36. The number of benzene rings is 3. The number of hydrogen-bond acceptors (Lipinski definition) is 6. The summed E-state index contributed by atoms with van der Waals surface area (Å²) in [6, 6.07) is 22.4. The Bertz CT molecular complexity index is 1250. The van der Waals surface area contributed by atoms with Gasteiger partial charge >= 0.3 is 0 Å². The molecule has 0 unspecified atom stereocenters. The van der Waals surface area contributed by atoms with E-state index in [2.05, 4.69) is 10.1 Å². The predicted molar refractivity (Wildman–Crippen MR) is 121 cm³/mol. The van der Waals surface area contributed by atoms with E-state index in [0.29, 0.717) is 23.0 Å². The van der Waals surface area contributed by atoms with Crippen LogP contribution in [0.5, 0.6) is 17.2 Å². The highest BCUT2D eigenvalue weighted by Gasteiger charge is 2.31. The third-order valence-electron chi connectivity index (χ3n) is 5.01. The number of hydrogen-bond donors (Lipinski definition) is 0. The fraction of sp³-hybridized carbons (Fsp3) is 0.0800. The Morgan fingerprint density at radius 2 is 1.72 bits per heavy atom. The Labute approximate surface area is 184 Å². The van der Waals surface area contributed by atoms with Gasteiger partial charge in [-0.2, -0.15) is 10.1 Å². The molecule has 2 heterocycles. The van der Waals surface area contributed by atoms with E-state index in [1.54, 1.807) is 19.4 Å². The lowest BCUT2D eigenvalue weighted by Crippen LogP contribution is -2.27. The van der Waals surface area contributed by atoms with Gasteiger partial charge in [0.15, 0.2) is 17.3 Å². The number of amides is 1. The summed E-state index contributed by atoms with van der Waals surface area (Å²) in [5, 5.41) is 5.76. The minimum atomic E-state index is -0.309. The molecule has 2 aliphatic rings. The summed E-state index contributed by atoms with van der Waals surface area (Å²) in [7, 11) is 1.61. The summed E-state index contributed by atoms with van der Waals surface area (Å²) >= 11 is 0. The predicted octanol–water partition coefficient (Wildman–Crippen LogP) is 4.09. The van der Waals surface area contributed by atoms with Crippen molar-refractivity contribution in [2.24, 2.45) is 10.1 Å². The van der Waals surface area contributed by atoms with E-state index >= 15 is 0 Å². The van der Waals surface area contributed by atoms with Crippen LogP contribution in [0.25, 0.3) is 6.08 Å². The van der Waals surface area contributed by atoms with Gasteiger partial charge in [0.2, 0.25) is 6.79 Å². The van der Waals surface area contributed by atoms with Crippen LogP contribution in [0.4, 0.5) is 0 Å². The maximum Gasteiger partial charge on any atom is 0.298 e. The lowest BCUT2D eigenvalue weighted by Gasteiger charge is -2.12. The molecule has 3 aromatic rings. The van der Waals surface area contributed by atoms with Crippen molar-refractivity contribution in [1.82, 2.24) is 5.01 Å². The lowest BCUT2D eigenvalue weighted by molar-refractivity contribution is -0.122. The van der Waals surface area contributed by atoms with Gasteiger partial charge in [0.25, 0.3) is 5.91 Å². The van der Waals surface area contributed by atoms with Crippen molar-refractivity contribution in [2.75, 3.05) is 13.9 Å². The van der Waals surface area contributed by atoms with Crippen LogP contribution < -0.4 is 14.2 Å². The van der Waals surface area contributed by atoms with Crippen molar-refractivity contribution in [3.63, 3.8) is 0 Å². The standard InChI is InChI=1S/C25H19N3O4/c1-30-20-10-7-17(8-11-20)13-21-25(29)28(24(27-21)19-5-3-2-4-6-19)26-15-18-9-12-22-23(14-18)32-16-31-22/h2-15H,16H2,1H3/b21-13+,26-15-. The molecule has 0 atom stereocenters. The van der Waals surface area contributed by atoms with E-state index in [1.807, 2.05) is 72.8 Å². The molecule has 0 aromatic heterocycles. The quantitative estimate of drug-likeness (QED) is 0.456. The summed E-state index contributed by atoms with van der Waals surface area (Å²) in [5.41, 5.74) is 2.72. The van der Waals surface area contributed by atoms with Crippen LogP contribution in [-0.2, 0) is 4.79 Å². The first-order chi connectivity index (χ1) is 15.7. The molecule has 0 fully saturated rings. The number of carbonyl (C=O) groups is 1. The first-order valence-corrected chi connectivity index (χ1v) is 9.99. The first-order valence-electron chi connectivity index (χ1n) is 9.99. The van der Waals surface area contributed by atoms with Crippen LogP contribution in [0.2, 0.25) is 0 Å². The summed E-state index contributed by atoms with van der Waals surface area (Å²) in [4.78, 5) is 17.8. The van der Waals surface area contributed by atoms with Crippen molar-refractivity contribution >= 4 is 24.0 Å². The Kier molecular flexibility index (Phi) is 5.13. The third kappa shape index (κ3) is 3.83. The summed E-state index contributed by atoms with van der Waals surface area (Å²) in [6.45, 7) is 0.199. The van der Waals surface area contributed by atoms with Crippen molar-refractivity contribution in [3.8, 4) is 17.2 Å². The van der Waals surface area contributed by atoms with E-state index in [-0.39, 0.29) is 12.7 Å². The molecule has 5 rings (SSSR count). The highest BCUT2D eigenvalue weighted by Crippen LogP contribution is 2.32. The zero-order valence-electron chi connectivity index (χ0n) is 17.3. The molecule has 1 amide bonds. The van der Waals surface area contributed by atoms with Crippen molar-refractivity contribution < 1.29 is 19.0 Å². The van der Waals surface area contributed by atoms with Crippen LogP contribution in [0.3, 0.4) is 0 Å². The molecule has 0 spiro atoms. The smallest absolute Gasteiger partial charge is 0.298 e. The summed E-state index contributed by atoms with van der Waals surface area (Å²) in [6.07, 6.45) is 3.34. The molecule has 158 valence electrons. The van der Waals surface area contributed by atoms with Gasteiger partial charge in [0, 0.05) is 5.56 Å². The van der Waals surface area contributed by atoms with Gasteiger partial charge in [-0.05, 0) is 47.5 Å². The van der Waals surface area contributed by atoms with Gasteiger partial charge < -0.3 is 14.2 Å². The normalized spacial score (nSPS) is 16.2. The maximum absolute atomic E-state index is 13.2. The van der Waals surface area contributed by atoms with E-state index in [1.165, 1.54) is 5.01 Å². The molecule has 0 saturated carbocycles. The van der Waals surface area contributed by atoms with Crippen molar-refractivity contribution in [3.05, 3.63) is 95.2 Å². The Morgan fingerprint density at radius 3 is 2.50 bits per heavy atom. The van der Waals surface area contributed by atoms with Crippen LogP contribution in [0, 0.1) is 0 Å². The van der Waals surface area contributed by atoms with E-state index in [4.69, 9.17) is 14.2 Å². The van der Waals surface area contributed by atoms with E-state index in [0.717, 1.165) is 22.4 Å². The fourth-order valence-corrected chi connectivity index (χ4v) is 3.36. The van der Waals surface area contributed by atoms with Gasteiger partial charge in [-0.15, -0.1) is 0 Å². The average molecular weight is 425 g/mol. The number of carbonyl (C=O) groups excluding carboxylic acids is 1. The average Bonchev–Trinajstić information content (AvgIpc) is 3.43. The maximum atomic E-state index is 13.2. The van der Waals surface area contributed by atoms with E-state index < -0.39 is 0 Å². The summed E-state index contributed by atoms with van der Waals surface area (Å²) < 4.78 is 16.0. The monoisotopic (exact) mass is 425 g/mol. The van der Waals surface area contributed by atoms with Crippen LogP contribution in [0.15, 0.2) is 88.6 Å². The largest absolute Gasteiger partial charge is 0.497 e. The second-order valence-electron chi connectivity index (χ2n) is 7.08. The zero-order chi connectivity index (χ0) is 21.9. The molecule has 2 aliphatic heterocycles. The van der Waals surface area contributed by atoms with Crippen molar-refractivity contribution in [2.45, 2.75) is 0 Å². The van der Waals surface area contributed by atoms with Crippen LogP contribution in [-0.4, -0.2) is 36.9 Å². The number of rotatable bonds is 5. The first kappa shape index (κ1) is 19.6. The molecule has 0 N–H and O–H groups in total. The molecule has 3 aromatic carbocycles. The van der Waals surface area contributed by atoms with Gasteiger partial charge in [-0.1, -0.05) is 42.5 Å². The van der Waals surface area contributed by atoms with Gasteiger partial charge in [0.1, 0.15) is 11.4 Å². The Balaban J connectivity index is 1.48. The lowest BCUT2D eigenvalue weighted by atomic mass is 10.2. The van der Waals surface area contributed by atoms with Crippen LogP contribution >= 0.6 is 0 Å². The SMILES string of the molecule is COc1ccc(/C=C2/N=C(c3ccccc3)N(/N=C\c3ccc4c(c3)OCO4)C2=O)cc1. The topological polar surface area (TPSA) is 72.7 Å². The number of aliphatic imine (C=N–C) groups is 1. The molecular formula is C25H19N3O4. The number of amidine groups is 1. The Hall–Kier alpha value is -4.39. The number of hydrazone groups is 1. The minimum Gasteiger partial charge on any atom is -0.497 e. The van der Waals surface area contributed by atoms with Gasteiger partial charge in [0.05, 0.1) is 13.3 Å². The highest BCUT2D eigenvalue weighted by atomic mass is 16.7. The second-order valence-corrected chi connectivity index (χ2v) is 7.08.